The molecule has 4 nitrogen and oxygen atoms in total. The first-order valence-corrected chi connectivity index (χ1v) is 6.60. The smallest absolute Gasteiger partial charge is 0.317 e. The summed E-state index contributed by atoms with van der Waals surface area (Å²) in [6, 6.07) is 0.556. The topological polar surface area (TPSA) is 60.4 Å². The van der Waals surface area contributed by atoms with Crippen LogP contribution in [0.5, 0.6) is 0 Å². The highest BCUT2D eigenvalue weighted by Gasteiger charge is 2.31. The largest absolute Gasteiger partial charge is 0.393 e. The highest BCUT2D eigenvalue weighted by atomic mass is 28.3. The number of hydrogen-bond acceptors (Lipinski definition) is 4. The summed E-state index contributed by atoms with van der Waals surface area (Å²) in [6.45, 7) is 1.68. The molecule has 1 unspecified atom stereocenters. The Hall–Kier alpha value is -1.10. The highest BCUT2D eigenvalue weighted by molar-refractivity contribution is 6.41. The van der Waals surface area contributed by atoms with Crippen LogP contribution in [0.3, 0.4) is 0 Å². The van der Waals surface area contributed by atoms with Gasteiger partial charge in [-0.05, 0) is 13.0 Å². The van der Waals surface area contributed by atoms with Crippen LogP contribution in [0.1, 0.15) is 12.8 Å². The lowest BCUT2D eigenvalue weighted by Gasteiger charge is -1.97. The van der Waals surface area contributed by atoms with Crippen LogP contribution in [0.25, 0.3) is 0 Å². The molecule has 1 aliphatic rings. The molecule has 0 bridgehead atoms. The van der Waals surface area contributed by atoms with E-state index in [0.717, 1.165) is 0 Å². The van der Waals surface area contributed by atoms with E-state index in [4.69, 9.17) is 0 Å². The molecule has 1 fully saturated rings. The maximum absolute atomic E-state index is 11.0. The van der Waals surface area contributed by atoms with Crippen molar-refractivity contribution < 1.29 is 18.8 Å². The molecular weight excluding hydrogens is 200 g/mol. The van der Waals surface area contributed by atoms with Crippen LogP contribution in [-0.2, 0) is 18.8 Å². The molecule has 0 aliphatic carbocycles. The van der Waals surface area contributed by atoms with Crippen LogP contribution >= 0.6 is 0 Å². The number of esters is 2. The highest BCUT2D eigenvalue weighted by Crippen LogP contribution is 2.19. The monoisotopic (exact) mass is 212 g/mol. The van der Waals surface area contributed by atoms with Gasteiger partial charge in [0, 0.05) is 6.04 Å². The minimum Gasteiger partial charge on any atom is -0.393 e. The van der Waals surface area contributed by atoms with Crippen LogP contribution in [0.2, 0.25) is 12.6 Å². The first kappa shape index (κ1) is 11.0. The predicted molar refractivity (Wildman–Crippen MR) is 50.1 cm³/mol. The molecule has 1 aliphatic heterocycles. The number of rotatable bonds is 4. The standard InChI is InChI=1S/C9H12O4Si/c1-14(12)5-3-2-4-7-6-8(10)13-9(7)11/h2-3,7H,4-6H2,1H3/b3-2+. The number of hydrogen-bond donors (Lipinski definition) is 0. The zero-order valence-corrected chi connectivity index (χ0v) is 8.99. The molecule has 14 heavy (non-hydrogen) atoms. The van der Waals surface area contributed by atoms with Crippen molar-refractivity contribution in [2.24, 2.45) is 5.92 Å². The number of allylic oxidation sites excluding steroid dienone is 2. The summed E-state index contributed by atoms with van der Waals surface area (Å²) in [4.78, 5) is 21.7. The van der Waals surface area contributed by atoms with Crippen LogP contribution in [0, 0.1) is 5.92 Å². The fraction of sp³-hybridized carbons (Fsp3) is 0.556. The zero-order valence-electron chi connectivity index (χ0n) is 7.99. The first-order chi connectivity index (χ1) is 6.59. The molecular formula is C9H12O4Si. The Morgan fingerprint density at radius 3 is 2.71 bits per heavy atom. The Bertz CT molecular complexity index is 295. The molecule has 0 spiro atoms. The van der Waals surface area contributed by atoms with Crippen molar-refractivity contribution in [3.05, 3.63) is 12.2 Å². The molecule has 1 heterocycles. The van der Waals surface area contributed by atoms with Crippen molar-refractivity contribution >= 4 is 20.6 Å². The van der Waals surface area contributed by atoms with Gasteiger partial charge in [0.1, 0.15) is 0 Å². The Balaban J connectivity index is 2.31. The second-order valence-corrected chi connectivity index (χ2v) is 5.12. The van der Waals surface area contributed by atoms with Gasteiger partial charge in [-0.2, -0.15) is 0 Å². The quantitative estimate of drug-likeness (QED) is 0.303. The van der Waals surface area contributed by atoms with Gasteiger partial charge in [0.2, 0.25) is 0 Å². The molecule has 1 saturated heterocycles. The van der Waals surface area contributed by atoms with Crippen molar-refractivity contribution in [3.63, 3.8) is 0 Å². The molecule has 5 heteroatoms. The summed E-state index contributed by atoms with van der Waals surface area (Å²) in [7, 11) is -1.47. The van der Waals surface area contributed by atoms with Gasteiger partial charge >= 0.3 is 11.9 Å². The van der Waals surface area contributed by atoms with Crippen molar-refractivity contribution in [2.45, 2.75) is 25.4 Å². The zero-order chi connectivity index (χ0) is 10.6. The maximum Gasteiger partial charge on any atom is 0.317 e. The van der Waals surface area contributed by atoms with Gasteiger partial charge in [0.25, 0.3) is 8.68 Å². The summed E-state index contributed by atoms with van der Waals surface area (Å²) in [5, 5.41) is 0. The number of carbonyl (C=O) groups excluding carboxylic acids is 2. The molecule has 0 aromatic heterocycles. The van der Waals surface area contributed by atoms with E-state index in [2.05, 4.69) is 4.74 Å². The van der Waals surface area contributed by atoms with Gasteiger partial charge in [-0.1, -0.05) is 12.2 Å². The number of cyclic esters (lactones) is 2. The Morgan fingerprint density at radius 1 is 1.50 bits per heavy atom. The lowest BCUT2D eigenvalue weighted by atomic mass is 10.0. The van der Waals surface area contributed by atoms with E-state index in [0.29, 0.717) is 12.5 Å². The summed E-state index contributed by atoms with van der Waals surface area (Å²) < 4.78 is 15.1. The first-order valence-electron chi connectivity index (χ1n) is 4.48. The Kier molecular flexibility index (Phi) is 3.88. The van der Waals surface area contributed by atoms with Crippen LogP contribution in [-0.4, -0.2) is 20.6 Å². The fourth-order valence-electron chi connectivity index (χ4n) is 1.21. The molecule has 0 aromatic rings. The normalized spacial score (nSPS) is 21.6. The van der Waals surface area contributed by atoms with Gasteiger partial charge in [-0.25, -0.2) is 0 Å². The predicted octanol–water partition coefficient (Wildman–Crippen LogP) is 1.07. The van der Waals surface area contributed by atoms with Crippen LogP contribution in [0.15, 0.2) is 12.2 Å². The van der Waals surface area contributed by atoms with Crippen molar-refractivity contribution in [1.29, 1.82) is 0 Å². The SMILES string of the molecule is C[Si](=O)C/C=C/CC1CC(=O)OC1=O. The average molecular weight is 212 g/mol. The van der Waals surface area contributed by atoms with E-state index in [1.54, 1.807) is 18.7 Å². The Labute approximate surface area is 83.6 Å². The van der Waals surface area contributed by atoms with E-state index in [9.17, 15) is 14.1 Å². The molecule has 76 valence electrons. The van der Waals surface area contributed by atoms with E-state index in [1.807, 2.05) is 0 Å². The van der Waals surface area contributed by atoms with E-state index >= 15 is 0 Å². The second kappa shape index (κ2) is 4.95. The summed E-state index contributed by atoms with van der Waals surface area (Å²) in [6.07, 6.45) is 4.25. The summed E-state index contributed by atoms with van der Waals surface area (Å²) >= 11 is 0. The van der Waals surface area contributed by atoms with Crippen molar-refractivity contribution in [1.82, 2.24) is 0 Å². The minimum atomic E-state index is -1.47. The maximum atomic E-state index is 11.0. The third-order valence-electron chi connectivity index (χ3n) is 1.95. The number of carbonyl (C=O) groups is 2. The third kappa shape index (κ3) is 3.33. The molecule has 0 aromatic carbocycles. The van der Waals surface area contributed by atoms with E-state index in [-0.39, 0.29) is 12.3 Å². The van der Waals surface area contributed by atoms with Crippen molar-refractivity contribution in [2.75, 3.05) is 0 Å². The summed E-state index contributed by atoms with van der Waals surface area (Å²) in [5.74, 6) is -1.22. The second-order valence-electron chi connectivity index (χ2n) is 3.31. The lowest BCUT2D eigenvalue weighted by molar-refractivity contribution is -0.153. The van der Waals surface area contributed by atoms with Gasteiger partial charge in [-0.3, -0.25) is 9.59 Å². The molecule has 0 N–H and O–H groups in total. The summed E-state index contributed by atoms with van der Waals surface area (Å²) in [5.41, 5.74) is 0. The minimum absolute atomic E-state index is 0.171. The van der Waals surface area contributed by atoms with Crippen LogP contribution < -0.4 is 0 Å². The van der Waals surface area contributed by atoms with E-state index < -0.39 is 20.6 Å². The molecule has 0 radical (unpaired) electrons. The molecule has 0 amide bonds. The third-order valence-corrected chi connectivity index (χ3v) is 2.76. The molecule has 1 atom stereocenters. The van der Waals surface area contributed by atoms with Gasteiger partial charge in [-0.15, -0.1) is 0 Å². The lowest BCUT2D eigenvalue weighted by Crippen LogP contribution is -2.05. The van der Waals surface area contributed by atoms with Gasteiger partial charge in [0.15, 0.2) is 0 Å². The van der Waals surface area contributed by atoms with Gasteiger partial charge in [0.05, 0.1) is 12.3 Å². The number of ether oxygens (including phenoxy) is 1. The Morgan fingerprint density at radius 2 is 2.21 bits per heavy atom. The van der Waals surface area contributed by atoms with Crippen LogP contribution in [0.4, 0.5) is 0 Å². The molecule has 0 saturated carbocycles. The average Bonchev–Trinajstić information content (AvgIpc) is 2.39. The van der Waals surface area contributed by atoms with E-state index in [1.165, 1.54) is 0 Å². The van der Waals surface area contributed by atoms with Gasteiger partial charge < -0.3 is 9.20 Å². The van der Waals surface area contributed by atoms with Crippen molar-refractivity contribution in [3.8, 4) is 0 Å². The molecule has 1 rings (SSSR count). The fourth-order valence-corrected chi connectivity index (χ4v) is 1.71.